The summed E-state index contributed by atoms with van der Waals surface area (Å²) < 4.78 is 1.34. The minimum Gasteiger partial charge on any atom is -0.349 e. The molecule has 8 nitrogen and oxygen atoms in total. The molecule has 0 unspecified atom stereocenters. The van der Waals surface area contributed by atoms with Gasteiger partial charge in [0.2, 0.25) is 11.9 Å². The molecule has 2 aliphatic rings. The van der Waals surface area contributed by atoms with Crippen molar-refractivity contribution in [2.75, 3.05) is 18.0 Å². The van der Waals surface area contributed by atoms with Crippen LogP contribution in [0.4, 0.5) is 5.95 Å². The van der Waals surface area contributed by atoms with Gasteiger partial charge in [-0.25, -0.2) is 15.0 Å². The van der Waals surface area contributed by atoms with Gasteiger partial charge in [-0.3, -0.25) is 14.2 Å². The Morgan fingerprint density at radius 3 is 2.68 bits per heavy atom. The molecule has 1 amide bonds. The molecule has 0 bridgehead atoms. The van der Waals surface area contributed by atoms with Crippen molar-refractivity contribution in [3.8, 4) is 0 Å². The van der Waals surface area contributed by atoms with Crippen LogP contribution >= 0.6 is 0 Å². The standard InChI is InChI=1S/C20H26N6O2/c1-14-9-16(24-20(23-14)25-7-3-2-4-8-25)11-21-18(27)12-26-13-22-17(10-19(26)28)15-5-6-15/h9-10,13,15H,2-8,11-12H2,1H3,(H,21,27). The van der Waals surface area contributed by atoms with E-state index in [2.05, 4.69) is 25.2 Å². The molecule has 0 radical (unpaired) electrons. The zero-order valence-electron chi connectivity index (χ0n) is 16.2. The molecule has 2 fully saturated rings. The molecule has 1 aliphatic heterocycles. The first kappa shape index (κ1) is 18.6. The highest BCUT2D eigenvalue weighted by Crippen LogP contribution is 2.38. The highest BCUT2D eigenvalue weighted by molar-refractivity contribution is 5.75. The van der Waals surface area contributed by atoms with Crippen molar-refractivity contribution in [1.82, 2.24) is 24.8 Å². The summed E-state index contributed by atoms with van der Waals surface area (Å²) in [5.74, 6) is 0.921. The average molecular weight is 382 g/mol. The zero-order chi connectivity index (χ0) is 19.5. The Kier molecular flexibility index (Phi) is 5.36. The number of aryl methyl sites for hydroxylation is 1. The Balaban J connectivity index is 1.36. The highest BCUT2D eigenvalue weighted by atomic mass is 16.2. The number of hydrogen-bond donors (Lipinski definition) is 1. The van der Waals surface area contributed by atoms with Crippen LogP contribution in [-0.4, -0.2) is 38.5 Å². The molecular weight excluding hydrogens is 356 g/mol. The number of carbonyl (C=O) groups excluding carboxylic acids is 1. The fourth-order valence-electron chi connectivity index (χ4n) is 3.50. The Morgan fingerprint density at radius 1 is 1.18 bits per heavy atom. The molecule has 2 aromatic rings. The maximum absolute atomic E-state index is 12.3. The van der Waals surface area contributed by atoms with E-state index in [1.165, 1.54) is 17.3 Å². The first-order valence-corrected chi connectivity index (χ1v) is 10.0. The molecule has 3 heterocycles. The summed E-state index contributed by atoms with van der Waals surface area (Å²) in [5, 5.41) is 2.85. The molecule has 1 N–H and O–H groups in total. The average Bonchev–Trinajstić information content (AvgIpc) is 3.54. The largest absolute Gasteiger partial charge is 0.349 e. The third-order valence-electron chi connectivity index (χ3n) is 5.21. The van der Waals surface area contributed by atoms with Crippen molar-refractivity contribution in [1.29, 1.82) is 0 Å². The van der Waals surface area contributed by atoms with Gasteiger partial charge in [-0.05, 0) is 45.1 Å². The quantitative estimate of drug-likeness (QED) is 0.814. The van der Waals surface area contributed by atoms with E-state index in [-0.39, 0.29) is 18.0 Å². The van der Waals surface area contributed by atoms with Gasteiger partial charge in [0.1, 0.15) is 6.54 Å². The molecule has 4 rings (SSSR count). The van der Waals surface area contributed by atoms with E-state index in [1.807, 2.05) is 13.0 Å². The zero-order valence-corrected chi connectivity index (χ0v) is 16.2. The lowest BCUT2D eigenvalue weighted by Gasteiger charge is -2.27. The number of carbonyl (C=O) groups is 1. The summed E-state index contributed by atoms with van der Waals surface area (Å²) in [7, 11) is 0. The van der Waals surface area contributed by atoms with Gasteiger partial charge < -0.3 is 10.2 Å². The summed E-state index contributed by atoms with van der Waals surface area (Å²) in [6.45, 7) is 4.16. The van der Waals surface area contributed by atoms with Crippen LogP contribution in [0.15, 0.2) is 23.3 Å². The molecule has 0 spiro atoms. The number of piperidine rings is 1. The molecule has 8 heteroatoms. The predicted molar refractivity (Wildman–Crippen MR) is 105 cm³/mol. The molecular formula is C20H26N6O2. The topological polar surface area (TPSA) is 93.0 Å². The SMILES string of the molecule is Cc1cc(CNC(=O)Cn2cnc(C3CC3)cc2=O)nc(N2CCCCC2)n1. The predicted octanol–water partition coefficient (Wildman–Crippen LogP) is 1.53. The summed E-state index contributed by atoms with van der Waals surface area (Å²) >= 11 is 0. The van der Waals surface area contributed by atoms with Crippen molar-refractivity contribution >= 4 is 11.9 Å². The second-order valence-electron chi connectivity index (χ2n) is 7.68. The fourth-order valence-corrected chi connectivity index (χ4v) is 3.50. The second-order valence-corrected chi connectivity index (χ2v) is 7.68. The number of nitrogens with one attached hydrogen (secondary N) is 1. The lowest BCUT2D eigenvalue weighted by Crippen LogP contribution is -2.33. The van der Waals surface area contributed by atoms with Crippen LogP contribution in [0.1, 0.15) is 55.1 Å². The minimum absolute atomic E-state index is 0.0418. The second kappa shape index (κ2) is 8.08. The van der Waals surface area contributed by atoms with Crippen molar-refractivity contribution in [3.63, 3.8) is 0 Å². The van der Waals surface area contributed by atoms with E-state index in [9.17, 15) is 9.59 Å². The minimum atomic E-state index is -0.237. The third-order valence-corrected chi connectivity index (χ3v) is 5.21. The highest BCUT2D eigenvalue weighted by Gasteiger charge is 2.25. The van der Waals surface area contributed by atoms with Crippen molar-refractivity contribution in [3.05, 3.63) is 45.9 Å². The van der Waals surface area contributed by atoms with Crippen LogP contribution in [0.3, 0.4) is 0 Å². The maximum atomic E-state index is 12.3. The Morgan fingerprint density at radius 2 is 1.96 bits per heavy atom. The van der Waals surface area contributed by atoms with Gasteiger partial charge in [0, 0.05) is 30.8 Å². The van der Waals surface area contributed by atoms with Gasteiger partial charge in [-0.2, -0.15) is 0 Å². The molecule has 0 aromatic carbocycles. The summed E-state index contributed by atoms with van der Waals surface area (Å²) in [6, 6.07) is 3.43. The van der Waals surface area contributed by atoms with Gasteiger partial charge >= 0.3 is 0 Å². The van der Waals surface area contributed by atoms with Crippen LogP contribution < -0.4 is 15.8 Å². The molecule has 148 valence electrons. The third kappa shape index (κ3) is 4.55. The summed E-state index contributed by atoms with van der Waals surface area (Å²) in [5.41, 5.74) is 2.31. The first-order valence-electron chi connectivity index (χ1n) is 10.0. The van der Waals surface area contributed by atoms with Crippen LogP contribution in [0, 0.1) is 6.92 Å². The van der Waals surface area contributed by atoms with E-state index >= 15 is 0 Å². The number of nitrogens with zero attached hydrogens (tertiary/aromatic N) is 5. The molecule has 1 saturated heterocycles. The van der Waals surface area contributed by atoms with Crippen LogP contribution in [0.25, 0.3) is 0 Å². The van der Waals surface area contributed by atoms with Crippen LogP contribution in [0.2, 0.25) is 0 Å². The van der Waals surface area contributed by atoms with Gasteiger partial charge in [0.25, 0.3) is 5.56 Å². The van der Waals surface area contributed by atoms with E-state index in [4.69, 9.17) is 0 Å². The molecule has 28 heavy (non-hydrogen) atoms. The number of anilines is 1. The Labute approximate surface area is 164 Å². The Bertz CT molecular complexity index is 915. The van der Waals surface area contributed by atoms with Crippen molar-refractivity contribution in [2.24, 2.45) is 0 Å². The molecule has 1 aliphatic carbocycles. The molecule has 1 saturated carbocycles. The maximum Gasteiger partial charge on any atom is 0.254 e. The van der Waals surface area contributed by atoms with E-state index in [1.54, 1.807) is 6.07 Å². The summed E-state index contributed by atoms with van der Waals surface area (Å²) in [6.07, 6.45) is 7.22. The van der Waals surface area contributed by atoms with E-state index in [0.717, 1.165) is 61.8 Å². The molecule has 2 aromatic heterocycles. The summed E-state index contributed by atoms with van der Waals surface area (Å²) in [4.78, 5) is 40.1. The lowest BCUT2D eigenvalue weighted by molar-refractivity contribution is -0.121. The Hall–Kier alpha value is -2.77. The normalized spacial score (nSPS) is 16.8. The number of amides is 1. The number of aromatic nitrogens is 4. The number of rotatable bonds is 6. The smallest absolute Gasteiger partial charge is 0.254 e. The van der Waals surface area contributed by atoms with Crippen molar-refractivity contribution < 1.29 is 4.79 Å². The van der Waals surface area contributed by atoms with E-state index in [0.29, 0.717) is 12.5 Å². The monoisotopic (exact) mass is 382 g/mol. The number of hydrogen-bond acceptors (Lipinski definition) is 6. The van der Waals surface area contributed by atoms with Gasteiger partial charge in [-0.15, -0.1) is 0 Å². The van der Waals surface area contributed by atoms with E-state index < -0.39 is 0 Å². The van der Waals surface area contributed by atoms with Crippen LogP contribution in [-0.2, 0) is 17.9 Å². The van der Waals surface area contributed by atoms with Gasteiger partial charge in [-0.1, -0.05) is 0 Å². The molecule has 0 atom stereocenters. The fraction of sp³-hybridized carbons (Fsp3) is 0.550. The van der Waals surface area contributed by atoms with Crippen molar-refractivity contribution in [2.45, 2.75) is 58.0 Å². The van der Waals surface area contributed by atoms with Gasteiger partial charge in [0.15, 0.2) is 0 Å². The van der Waals surface area contributed by atoms with Gasteiger partial charge in [0.05, 0.1) is 24.3 Å². The first-order chi connectivity index (χ1) is 13.6. The lowest BCUT2D eigenvalue weighted by atomic mass is 10.1. The van der Waals surface area contributed by atoms with Crippen LogP contribution in [0.5, 0.6) is 0 Å².